The summed E-state index contributed by atoms with van der Waals surface area (Å²) < 4.78 is 13.6. The van der Waals surface area contributed by atoms with Crippen molar-refractivity contribution in [3.63, 3.8) is 0 Å². The number of halogens is 2. The second-order valence-corrected chi connectivity index (χ2v) is 9.00. The Labute approximate surface area is 190 Å². The number of nitrogens with zero attached hydrogens (tertiary/aromatic N) is 1. The largest absolute Gasteiger partial charge is 0.351 e. The summed E-state index contributed by atoms with van der Waals surface area (Å²) in [7, 11) is 0. The smallest absolute Gasteiger partial charge is 0.247 e. The lowest BCUT2D eigenvalue weighted by Crippen LogP contribution is -2.47. The SMILES string of the molecule is O=C(NC1CCCCCC1)[C@@H](c1ccc(F)cc1)N(CCC1=CCCCC1)C(=O)CCl. The predicted octanol–water partition coefficient (Wildman–Crippen LogP) is 5.66. The fourth-order valence-corrected chi connectivity index (χ4v) is 4.85. The highest BCUT2D eigenvalue weighted by Crippen LogP contribution is 2.27. The third-order valence-electron chi connectivity index (χ3n) is 6.44. The number of allylic oxidation sites excluding steroid dienone is 1. The molecule has 2 aliphatic rings. The molecule has 0 unspecified atom stereocenters. The molecule has 0 saturated heterocycles. The van der Waals surface area contributed by atoms with Gasteiger partial charge in [0.05, 0.1) is 0 Å². The van der Waals surface area contributed by atoms with Crippen molar-refractivity contribution < 1.29 is 14.0 Å². The Bertz CT molecular complexity index is 757. The number of hydrogen-bond donors (Lipinski definition) is 1. The number of carbonyl (C=O) groups is 2. The molecule has 2 amide bonds. The van der Waals surface area contributed by atoms with E-state index in [-0.39, 0.29) is 29.6 Å². The minimum Gasteiger partial charge on any atom is -0.351 e. The van der Waals surface area contributed by atoms with Gasteiger partial charge in [0, 0.05) is 12.6 Å². The van der Waals surface area contributed by atoms with Crippen molar-refractivity contribution >= 4 is 23.4 Å². The second-order valence-electron chi connectivity index (χ2n) is 8.73. The Hall–Kier alpha value is -1.88. The molecule has 31 heavy (non-hydrogen) atoms. The van der Waals surface area contributed by atoms with E-state index in [4.69, 9.17) is 11.6 Å². The van der Waals surface area contributed by atoms with Gasteiger partial charge in [-0.2, -0.15) is 0 Å². The summed E-state index contributed by atoms with van der Waals surface area (Å²) in [6, 6.07) is 5.19. The van der Waals surface area contributed by atoms with Gasteiger partial charge in [0.2, 0.25) is 11.8 Å². The fraction of sp³-hybridized carbons (Fsp3) is 0.600. The van der Waals surface area contributed by atoms with Crippen molar-refractivity contribution in [2.24, 2.45) is 0 Å². The zero-order chi connectivity index (χ0) is 22.1. The molecule has 1 atom stereocenters. The van der Waals surface area contributed by atoms with Gasteiger partial charge in [0.15, 0.2) is 0 Å². The van der Waals surface area contributed by atoms with Crippen LogP contribution in [0, 0.1) is 5.82 Å². The topological polar surface area (TPSA) is 49.4 Å². The van der Waals surface area contributed by atoms with Crippen LogP contribution in [0.2, 0.25) is 0 Å². The zero-order valence-electron chi connectivity index (χ0n) is 18.3. The molecule has 6 heteroatoms. The van der Waals surface area contributed by atoms with Crippen LogP contribution >= 0.6 is 11.6 Å². The summed E-state index contributed by atoms with van der Waals surface area (Å²) in [5, 5.41) is 3.19. The van der Waals surface area contributed by atoms with E-state index >= 15 is 0 Å². The molecule has 0 bridgehead atoms. The normalized spacial score (nSPS) is 18.6. The first-order chi connectivity index (χ1) is 15.1. The van der Waals surface area contributed by atoms with E-state index in [2.05, 4.69) is 11.4 Å². The van der Waals surface area contributed by atoms with Gasteiger partial charge in [-0.05, 0) is 62.6 Å². The van der Waals surface area contributed by atoms with Crippen LogP contribution in [0.15, 0.2) is 35.9 Å². The quantitative estimate of drug-likeness (QED) is 0.316. The molecule has 170 valence electrons. The number of nitrogens with one attached hydrogen (secondary N) is 1. The lowest BCUT2D eigenvalue weighted by atomic mass is 9.96. The van der Waals surface area contributed by atoms with Gasteiger partial charge in [-0.3, -0.25) is 9.59 Å². The van der Waals surface area contributed by atoms with Crippen LogP contribution in [0.25, 0.3) is 0 Å². The van der Waals surface area contributed by atoms with Gasteiger partial charge in [-0.25, -0.2) is 4.39 Å². The summed E-state index contributed by atoms with van der Waals surface area (Å²) in [6.07, 6.45) is 14.0. The molecule has 0 heterocycles. The highest BCUT2D eigenvalue weighted by atomic mass is 35.5. The van der Waals surface area contributed by atoms with Gasteiger partial charge in [-0.1, -0.05) is 49.5 Å². The van der Waals surface area contributed by atoms with E-state index in [0.29, 0.717) is 12.1 Å². The number of rotatable bonds is 8. The molecule has 1 saturated carbocycles. The molecular formula is C25H34ClFN2O2. The Morgan fingerprint density at radius 2 is 1.77 bits per heavy atom. The van der Waals surface area contributed by atoms with Crippen molar-refractivity contribution in [2.45, 2.75) is 82.7 Å². The van der Waals surface area contributed by atoms with Gasteiger partial charge < -0.3 is 10.2 Å². The average Bonchev–Trinajstić information content (AvgIpc) is 3.06. The standard InChI is InChI=1S/C25H34ClFN2O2/c26-18-23(30)29(17-16-19-8-4-3-5-9-19)24(20-12-14-21(27)15-13-20)25(31)28-22-10-6-1-2-7-11-22/h8,12-15,22,24H,1-7,9-11,16-18H2,(H,28,31)/t24-/m1/s1. The second kappa shape index (κ2) is 12.2. The number of alkyl halides is 1. The number of carbonyl (C=O) groups excluding carboxylic acids is 2. The van der Waals surface area contributed by atoms with Crippen molar-refractivity contribution in [2.75, 3.05) is 12.4 Å². The van der Waals surface area contributed by atoms with E-state index in [1.807, 2.05) is 0 Å². The first kappa shape index (κ1) is 23.8. The lowest BCUT2D eigenvalue weighted by molar-refractivity contribution is -0.139. The molecule has 3 rings (SSSR count). The third kappa shape index (κ3) is 7.06. The molecule has 1 N–H and O–H groups in total. The molecule has 1 aromatic rings. The Morgan fingerprint density at radius 3 is 2.39 bits per heavy atom. The predicted molar refractivity (Wildman–Crippen MR) is 122 cm³/mol. The molecule has 0 spiro atoms. The monoisotopic (exact) mass is 448 g/mol. The highest BCUT2D eigenvalue weighted by molar-refractivity contribution is 6.27. The third-order valence-corrected chi connectivity index (χ3v) is 6.67. The van der Waals surface area contributed by atoms with Crippen molar-refractivity contribution in [1.82, 2.24) is 10.2 Å². The molecule has 0 aliphatic heterocycles. The van der Waals surface area contributed by atoms with Crippen LogP contribution in [-0.4, -0.2) is 35.2 Å². The summed E-state index contributed by atoms with van der Waals surface area (Å²) in [4.78, 5) is 27.9. The van der Waals surface area contributed by atoms with E-state index in [1.165, 1.54) is 43.4 Å². The Kier molecular flexibility index (Phi) is 9.38. The number of amides is 2. The average molecular weight is 449 g/mol. The van der Waals surface area contributed by atoms with Gasteiger partial charge >= 0.3 is 0 Å². The molecule has 1 fully saturated rings. The fourth-order valence-electron chi connectivity index (χ4n) is 4.69. The van der Waals surface area contributed by atoms with E-state index in [1.54, 1.807) is 17.0 Å². The Morgan fingerprint density at radius 1 is 1.06 bits per heavy atom. The minimum absolute atomic E-state index is 0.118. The van der Waals surface area contributed by atoms with Crippen LogP contribution in [0.3, 0.4) is 0 Å². The number of hydrogen-bond acceptors (Lipinski definition) is 2. The zero-order valence-corrected chi connectivity index (χ0v) is 19.0. The molecule has 2 aliphatic carbocycles. The molecular weight excluding hydrogens is 415 g/mol. The first-order valence-corrected chi connectivity index (χ1v) is 12.2. The van der Waals surface area contributed by atoms with Crippen LogP contribution in [-0.2, 0) is 9.59 Å². The minimum atomic E-state index is -0.806. The first-order valence-electron chi connectivity index (χ1n) is 11.7. The van der Waals surface area contributed by atoms with E-state index < -0.39 is 6.04 Å². The van der Waals surface area contributed by atoms with Crippen molar-refractivity contribution in [3.8, 4) is 0 Å². The van der Waals surface area contributed by atoms with Crippen LogP contribution in [0.5, 0.6) is 0 Å². The van der Waals surface area contributed by atoms with Gasteiger partial charge in [0.1, 0.15) is 17.7 Å². The highest BCUT2D eigenvalue weighted by Gasteiger charge is 2.32. The van der Waals surface area contributed by atoms with Gasteiger partial charge in [-0.15, -0.1) is 11.6 Å². The molecule has 1 aromatic carbocycles. The maximum absolute atomic E-state index is 13.6. The molecule has 4 nitrogen and oxygen atoms in total. The van der Waals surface area contributed by atoms with Crippen molar-refractivity contribution in [1.29, 1.82) is 0 Å². The summed E-state index contributed by atoms with van der Waals surface area (Å²) in [6.45, 7) is 0.428. The maximum Gasteiger partial charge on any atom is 0.247 e. The number of benzene rings is 1. The molecule has 0 aromatic heterocycles. The summed E-state index contributed by atoms with van der Waals surface area (Å²) in [5.74, 6) is -1.03. The van der Waals surface area contributed by atoms with Crippen LogP contribution in [0.4, 0.5) is 4.39 Å². The van der Waals surface area contributed by atoms with Crippen molar-refractivity contribution in [3.05, 3.63) is 47.3 Å². The molecule has 0 radical (unpaired) electrons. The maximum atomic E-state index is 13.6. The van der Waals surface area contributed by atoms with E-state index in [9.17, 15) is 14.0 Å². The summed E-state index contributed by atoms with van der Waals surface area (Å²) in [5.41, 5.74) is 1.95. The lowest BCUT2D eigenvalue weighted by Gasteiger charge is -2.33. The Balaban J connectivity index is 1.83. The summed E-state index contributed by atoms with van der Waals surface area (Å²) >= 11 is 5.95. The van der Waals surface area contributed by atoms with E-state index in [0.717, 1.165) is 44.9 Å². The van der Waals surface area contributed by atoms with Crippen LogP contribution < -0.4 is 5.32 Å². The van der Waals surface area contributed by atoms with Gasteiger partial charge in [0.25, 0.3) is 0 Å². The van der Waals surface area contributed by atoms with Crippen LogP contribution in [0.1, 0.15) is 82.2 Å².